The summed E-state index contributed by atoms with van der Waals surface area (Å²) in [6.07, 6.45) is 9.93. The van der Waals surface area contributed by atoms with Gasteiger partial charge in [-0.15, -0.1) is 0 Å². The molecule has 2 rings (SSSR count). The Morgan fingerprint density at radius 2 is 2.06 bits per heavy atom. The summed E-state index contributed by atoms with van der Waals surface area (Å²) in [7, 11) is 1.96. The molecule has 0 spiro atoms. The molecule has 0 aromatic heterocycles. The Balaban J connectivity index is 1.79. The summed E-state index contributed by atoms with van der Waals surface area (Å²) in [6.45, 7) is 3.12. The van der Waals surface area contributed by atoms with Crippen LogP contribution in [0.3, 0.4) is 0 Å². The molecule has 0 bridgehead atoms. The van der Waals surface area contributed by atoms with Crippen molar-refractivity contribution in [3.05, 3.63) is 0 Å². The number of nitrogens with one attached hydrogen (secondary N) is 1. The number of carbonyl (C=O) groups is 1. The Labute approximate surface area is 111 Å². The predicted octanol–water partition coefficient (Wildman–Crippen LogP) is 2.56. The number of unbranched alkanes of at least 4 members (excludes halogenated alkanes) is 2. The summed E-state index contributed by atoms with van der Waals surface area (Å²) in [5.74, 6) is 1.08. The van der Waals surface area contributed by atoms with Gasteiger partial charge in [-0.1, -0.05) is 32.6 Å². The van der Waals surface area contributed by atoms with E-state index in [2.05, 4.69) is 12.2 Å². The zero-order valence-corrected chi connectivity index (χ0v) is 12.0. The van der Waals surface area contributed by atoms with Gasteiger partial charge in [0.1, 0.15) is 0 Å². The fraction of sp³-hybridized carbons (Fsp3) is 0.933. The van der Waals surface area contributed by atoms with Crippen molar-refractivity contribution in [1.29, 1.82) is 0 Å². The molecule has 0 aromatic carbocycles. The van der Waals surface area contributed by atoms with Crippen LogP contribution in [0.15, 0.2) is 0 Å². The van der Waals surface area contributed by atoms with E-state index in [1.54, 1.807) is 0 Å². The lowest BCUT2D eigenvalue weighted by molar-refractivity contribution is -0.131. The highest BCUT2D eigenvalue weighted by atomic mass is 16.2. The van der Waals surface area contributed by atoms with Crippen LogP contribution in [0.4, 0.5) is 0 Å². The lowest BCUT2D eigenvalue weighted by Crippen LogP contribution is -2.44. The molecule has 3 atom stereocenters. The molecule has 1 heterocycles. The Kier molecular flexibility index (Phi) is 5.04. The van der Waals surface area contributed by atoms with Crippen molar-refractivity contribution in [2.75, 3.05) is 13.6 Å². The van der Waals surface area contributed by atoms with E-state index in [0.717, 1.165) is 25.3 Å². The molecule has 1 saturated carbocycles. The van der Waals surface area contributed by atoms with Gasteiger partial charge in [0.15, 0.2) is 0 Å². The second kappa shape index (κ2) is 6.55. The van der Waals surface area contributed by atoms with Gasteiger partial charge in [0, 0.05) is 19.6 Å². The summed E-state index contributed by atoms with van der Waals surface area (Å²) >= 11 is 0. The third kappa shape index (κ3) is 3.25. The largest absolute Gasteiger partial charge is 0.344 e. The third-order valence-electron chi connectivity index (χ3n) is 4.63. The standard InChI is InChI=1S/C15H28N2O/c1-3-4-7-10-17(2)15(18)14-11-12-8-5-6-9-13(12)16-14/h12-14,16H,3-11H2,1-2H3. The summed E-state index contributed by atoms with van der Waals surface area (Å²) in [4.78, 5) is 14.3. The first kappa shape index (κ1) is 13.9. The minimum Gasteiger partial charge on any atom is -0.344 e. The molecule has 3 nitrogen and oxygen atoms in total. The fourth-order valence-electron chi connectivity index (χ4n) is 3.49. The normalized spacial score (nSPS) is 31.1. The SMILES string of the molecule is CCCCCN(C)C(=O)C1CC2CCCCC2N1. The van der Waals surface area contributed by atoms with Crippen molar-refractivity contribution in [2.45, 2.75) is 70.4 Å². The molecular weight excluding hydrogens is 224 g/mol. The number of carbonyl (C=O) groups excluding carboxylic acids is 1. The zero-order chi connectivity index (χ0) is 13.0. The van der Waals surface area contributed by atoms with Crippen molar-refractivity contribution < 1.29 is 4.79 Å². The highest BCUT2D eigenvalue weighted by Crippen LogP contribution is 2.33. The van der Waals surface area contributed by atoms with E-state index in [1.807, 2.05) is 11.9 Å². The average molecular weight is 252 g/mol. The second-order valence-electron chi connectivity index (χ2n) is 6.07. The number of nitrogens with zero attached hydrogens (tertiary/aromatic N) is 1. The molecule has 18 heavy (non-hydrogen) atoms. The quantitative estimate of drug-likeness (QED) is 0.763. The summed E-state index contributed by atoms with van der Waals surface area (Å²) in [6, 6.07) is 0.724. The van der Waals surface area contributed by atoms with Crippen molar-refractivity contribution in [1.82, 2.24) is 10.2 Å². The molecule has 1 amide bonds. The Morgan fingerprint density at radius 1 is 1.28 bits per heavy atom. The molecule has 0 radical (unpaired) electrons. The maximum Gasteiger partial charge on any atom is 0.239 e. The first-order valence-electron chi connectivity index (χ1n) is 7.73. The molecule has 1 N–H and O–H groups in total. The van der Waals surface area contributed by atoms with Crippen LogP contribution in [0.5, 0.6) is 0 Å². The van der Waals surface area contributed by atoms with Gasteiger partial charge in [-0.25, -0.2) is 0 Å². The average Bonchev–Trinajstić information content (AvgIpc) is 2.81. The summed E-state index contributed by atoms with van der Waals surface area (Å²) in [5, 5.41) is 3.57. The number of rotatable bonds is 5. The fourth-order valence-corrected chi connectivity index (χ4v) is 3.49. The van der Waals surface area contributed by atoms with Gasteiger partial charge in [-0.3, -0.25) is 4.79 Å². The molecule has 1 aliphatic heterocycles. The van der Waals surface area contributed by atoms with Crippen LogP contribution in [0.1, 0.15) is 58.3 Å². The number of amides is 1. The Bertz CT molecular complexity index is 266. The van der Waals surface area contributed by atoms with E-state index in [9.17, 15) is 4.79 Å². The number of fused-ring (bicyclic) bond motifs is 1. The van der Waals surface area contributed by atoms with Crippen molar-refractivity contribution in [2.24, 2.45) is 5.92 Å². The topological polar surface area (TPSA) is 32.3 Å². The van der Waals surface area contributed by atoms with E-state index in [0.29, 0.717) is 11.9 Å². The summed E-state index contributed by atoms with van der Waals surface area (Å²) in [5.41, 5.74) is 0. The van der Waals surface area contributed by atoms with Gasteiger partial charge >= 0.3 is 0 Å². The van der Waals surface area contributed by atoms with E-state index in [-0.39, 0.29) is 6.04 Å². The van der Waals surface area contributed by atoms with E-state index >= 15 is 0 Å². The first-order chi connectivity index (χ1) is 8.72. The molecule has 3 unspecified atom stereocenters. The zero-order valence-electron chi connectivity index (χ0n) is 12.0. The molecule has 2 fully saturated rings. The van der Waals surface area contributed by atoms with Crippen LogP contribution >= 0.6 is 0 Å². The van der Waals surface area contributed by atoms with Gasteiger partial charge in [0.2, 0.25) is 5.91 Å². The van der Waals surface area contributed by atoms with E-state index in [4.69, 9.17) is 0 Å². The van der Waals surface area contributed by atoms with E-state index < -0.39 is 0 Å². The van der Waals surface area contributed by atoms with Crippen LogP contribution in [0, 0.1) is 5.92 Å². The molecule has 1 aliphatic carbocycles. The molecule has 104 valence electrons. The maximum atomic E-state index is 12.3. The Hall–Kier alpha value is -0.570. The first-order valence-corrected chi connectivity index (χ1v) is 7.73. The predicted molar refractivity (Wildman–Crippen MR) is 74.4 cm³/mol. The van der Waals surface area contributed by atoms with Crippen molar-refractivity contribution >= 4 is 5.91 Å². The van der Waals surface area contributed by atoms with Crippen LogP contribution in [0.25, 0.3) is 0 Å². The van der Waals surface area contributed by atoms with Gasteiger partial charge in [0.25, 0.3) is 0 Å². The lowest BCUT2D eigenvalue weighted by atomic mass is 9.85. The highest BCUT2D eigenvalue weighted by Gasteiger charge is 2.38. The van der Waals surface area contributed by atoms with Crippen LogP contribution in [-0.4, -0.2) is 36.5 Å². The van der Waals surface area contributed by atoms with Crippen LogP contribution < -0.4 is 5.32 Å². The highest BCUT2D eigenvalue weighted by molar-refractivity contribution is 5.82. The third-order valence-corrected chi connectivity index (χ3v) is 4.63. The summed E-state index contributed by atoms with van der Waals surface area (Å²) < 4.78 is 0. The monoisotopic (exact) mass is 252 g/mol. The van der Waals surface area contributed by atoms with Crippen LogP contribution in [-0.2, 0) is 4.79 Å². The number of likely N-dealkylation sites (N-methyl/N-ethyl adjacent to an activating group) is 1. The maximum absolute atomic E-state index is 12.3. The molecular formula is C15H28N2O. The molecule has 2 aliphatic rings. The number of hydrogen-bond acceptors (Lipinski definition) is 2. The lowest BCUT2D eigenvalue weighted by Gasteiger charge is -2.24. The molecule has 1 saturated heterocycles. The van der Waals surface area contributed by atoms with Crippen molar-refractivity contribution in [3.63, 3.8) is 0 Å². The minimum absolute atomic E-state index is 0.102. The van der Waals surface area contributed by atoms with Crippen LogP contribution in [0.2, 0.25) is 0 Å². The second-order valence-corrected chi connectivity index (χ2v) is 6.07. The molecule has 3 heteroatoms. The van der Waals surface area contributed by atoms with Gasteiger partial charge in [-0.05, 0) is 31.6 Å². The van der Waals surface area contributed by atoms with Crippen molar-refractivity contribution in [3.8, 4) is 0 Å². The minimum atomic E-state index is 0.102. The Morgan fingerprint density at radius 3 is 2.78 bits per heavy atom. The molecule has 0 aromatic rings. The smallest absolute Gasteiger partial charge is 0.239 e. The van der Waals surface area contributed by atoms with Gasteiger partial charge < -0.3 is 10.2 Å². The van der Waals surface area contributed by atoms with Gasteiger partial charge in [-0.2, -0.15) is 0 Å². The van der Waals surface area contributed by atoms with E-state index in [1.165, 1.54) is 38.5 Å². The van der Waals surface area contributed by atoms with Gasteiger partial charge in [0.05, 0.1) is 6.04 Å². The number of hydrogen-bond donors (Lipinski definition) is 1.